The van der Waals surface area contributed by atoms with Crippen LogP contribution in [-0.2, 0) is 0 Å². The number of aryl methyl sites for hydroxylation is 1. The maximum absolute atomic E-state index is 11.8. The average molecular weight is 222 g/mol. The molecule has 3 atom stereocenters. The predicted molar refractivity (Wildman–Crippen MR) is 61.3 cm³/mol. The quantitative estimate of drug-likeness (QED) is 0.778. The van der Waals surface area contributed by atoms with Gasteiger partial charge in [-0.15, -0.1) is 0 Å². The molecule has 0 radical (unpaired) electrons. The van der Waals surface area contributed by atoms with E-state index in [1.54, 1.807) is 12.3 Å². The van der Waals surface area contributed by atoms with E-state index in [2.05, 4.69) is 12.0 Å². The third kappa shape index (κ3) is 2.16. The zero-order chi connectivity index (χ0) is 11.7. The minimum absolute atomic E-state index is 0.0387. The number of hydrogen-bond acceptors (Lipinski definition) is 3. The van der Waals surface area contributed by atoms with Crippen LogP contribution in [0, 0.1) is 12.8 Å². The Morgan fingerprint density at radius 2 is 2.25 bits per heavy atom. The SMILES string of the molecule is Cc1cnn(C2CC(O)CCC2C)c(=O)c1. The third-order valence-electron chi connectivity index (χ3n) is 3.40. The molecule has 1 aliphatic carbocycles. The van der Waals surface area contributed by atoms with E-state index in [-0.39, 0.29) is 17.7 Å². The Morgan fingerprint density at radius 3 is 2.94 bits per heavy atom. The fraction of sp³-hybridized carbons (Fsp3) is 0.667. The minimum Gasteiger partial charge on any atom is -0.393 e. The van der Waals surface area contributed by atoms with Crippen molar-refractivity contribution >= 4 is 0 Å². The number of aliphatic hydroxyl groups is 1. The summed E-state index contributed by atoms with van der Waals surface area (Å²) >= 11 is 0. The van der Waals surface area contributed by atoms with E-state index in [0.717, 1.165) is 18.4 Å². The Hall–Kier alpha value is -1.16. The highest BCUT2D eigenvalue weighted by molar-refractivity contribution is 5.03. The molecule has 88 valence electrons. The standard InChI is InChI=1S/C12H18N2O2/c1-8-5-12(16)14(13-7-8)11-6-10(15)4-3-9(11)2/h5,7,9-11,15H,3-4,6H2,1-2H3. The number of nitrogens with zero attached hydrogens (tertiary/aromatic N) is 2. The van der Waals surface area contributed by atoms with Crippen LogP contribution in [0.5, 0.6) is 0 Å². The lowest BCUT2D eigenvalue weighted by Gasteiger charge is -2.32. The molecular weight excluding hydrogens is 204 g/mol. The average Bonchev–Trinajstić information content (AvgIpc) is 2.22. The number of aliphatic hydroxyl groups excluding tert-OH is 1. The van der Waals surface area contributed by atoms with E-state index in [1.165, 1.54) is 4.68 Å². The van der Waals surface area contributed by atoms with Crippen LogP contribution in [0.2, 0.25) is 0 Å². The molecular formula is C12H18N2O2. The molecule has 1 aliphatic rings. The maximum Gasteiger partial charge on any atom is 0.267 e. The molecule has 1 N–H and O–H groups in total. The molecule has 0 bridgehead atoms. The van der Waals surface area contributed by atoms with E-state index in [4.69, 9.17) is 0 Å². The first kappa shape index (κ1) is 11.3. The predicted octanol–water partition coefficient (Wildman–Crippen LogP) is 1.27. The van der Waals surface area contributed by atoms with E-state index in [1.807, 2.05) is 6.92 Å². The van der Waals surface area contributed by atoms with Gasteiger partial charge in [-0.25, -0.2) is 4.68 Å². The van der Waals surface area contributed by atoms with Gasteiger partial charge in [-0.1, -0.05) is 6.92 Å². The first-order chi connectivity index (χ1) is 7.58. The zero-order valence-corrected chi connectivity index (χ0v) is 9.76. The van der Waals surface area contributed by atoms with E-state index < -0.39 is 0 Å². The lowest BCUT2D eigenvalue weighted by atomic mass is 9.84. The Kier molecular flexibility index (Phi) is 3.10. The molecule has 16 heavy (non-hydrogen) atoms. The van der Waals surface area contributed by atoms with Crippen LogP contribution in [0.3, 0.4) is 0 Å². The molecule has 4 nitrogen and oxygen atoms in total. The van der Waals surface area contributed by atoms with Crippen LogP contribution in [0.25, 0.3) is 0 Å². The van der Waals surface area contributed by atoms with Crippen molar-refractivity contribution in [2.75, 3.05) is 0 Å². The monoisotopic (exact) mass is 222 g/mol. The molecule has 0 spiro atoms. The summed E-state index contributed by atoms with van der Waals surface area (Å²) < 4.78 is 1.53. The van der Waals surface area contributed by atoms with Gasteiger partial charge in [0.25, 0.3) is 5.56 Å². The van der Waals surface area contributed by atoms with E-state index >= 15 is 0 Å². The number of aromatic nitrogens is 2. The van der Waals surface area contributed by atoms with Gasteiger partial charge in [0.05, 0.1) is 18.3 Å². The molecule has 0 saturated heterocycles. The van der Waals surface area contributed by atoms with Crippen LogP contribution in [0.4, 0.5) is 0 Å². The summed E-state index contributed by atoms with van der Waals surface area (Å²) in [5.74, 6) is 0.399. The van der Waals surface area contributed by atoms with E-state index in [0.29, 0.717) is 12.3 Å². The summed E-state index contributed by atoms with van der Waals surface area (Å²) in [6.07, 6.45) is 3.83. The number of rotatable bonds is 1. The Labute approximate surface area is 94.9 Å². The van der Waals surface area contributed by atoms with Gasteiger partial charge in [0.1, 0.15) is 0 Å². The van der Waals surface area contributed by atoms with Crippen molar-refractivity contribution in [1.29, 1.82) is 0 Å². The van der Waals surface area contributed by atoms with Crippen LogP contribution in [0.15, 0.2) is 17.1 Å². The highest BCUT2D eigenvalue weighted by Gasteiger charge is 2.29. The van der Waals surface area contributed by atoms with Crippen molar-refractivity contribution in [2.24, 2.45) is 5.92 Å². The highest BCUT2D eigenvalue weighted by atomic mass is 16.3. The summed E-state index contributed by atoms with van der Waals surface area (Å²) in [7, 11) is 0. The molecule has 1 heterocycles. The van der Waals surface area contributed by atoms with Crippen molar-refractivity contribution in [3.8, 4) is 0 Å². The molecule has 1 fully saturated rings. The second-order valence-corrected chi connectivity index (χ2v) is 4.83. The van der Waals surface area contributed by atoms with Gasteiger partial charge in [0, 0.05) is 6.07 Å². The molecule has 3 unspecified atom stereocenters. The van der Waals surface area contributed by atoms with Crippen molar-refractivity contribution in [2.45, 2.75) is 45.3 Å². The first-order valence-electron chi connectivity index (χ1n) is 5.81. The molecule has 4 heteroatoms. The Balaban J connectivity index is 2.31. The second kappa shape index (κ2) is 4.37. The summed E-state index contributed by atoms with van der Waals surface area (Å²) in [5.41, 5.74) is 0.816. The van der Waals surface area contributed by atoms with Crippen molar-refractivity contribution < 1.29 is 5.11 Å². The lowest BCUT2D eigenvalue weighted by molar-refractivity contribution is 0.0716. The van der Waals surface area contributed by atoms with Gasteiger partial charge in [0.2, 0.25) is 0 Å². The summed E-state index contributed by atoms with van der Waals surface area (Å²) in [6, 6.07) is 1.64. The Morgan fingerprint density at radius 1 is 1.50 bits per heavy atom. The number of hydrogen-bond donors (Lipinski definition) is 1. The zero-order valence-electron chi connectivity index (χ0n) is 9.76. The summed E-state index contributed by atoms with van der Waals surface area (Å²) in [6.45, 7) is 3.97. The van der Waals surface area contributed by atoms with Crippen molar-refractivity contribution in [1.82, 2.24) is 9.78 Å². The smallest absolute Gasteiger partial charge is 0.267 e. The minimum atomic E-state index is -0.295. The van der Waals surface area contributed by atoms with Crippen LogP contribution < -0.4 is 5.56 Å². The van der Waals surface area contributed by atoms with Crippen LogP contribution in [-0.4, -0.2) is 21.0 Å². The molecule has 1 aromatic heterocycles. The first-order valence-corrected chi connectivity index (χ1v) is 5.81. The second-order valence-electron chi connectivity index (χ2n) is 4.83. The summed E-state index contributed by atoms with van der Waals surface area (Å²) in [5, 5.41) is 13.8. The molecule has 2 rings (SSSR count). The maximum atomic E-state index is 11.8. The summed E-state index contributed by atoms with van der Waals surface area (Å²) in [4.78, 5) is 11.8. The molecule has 0 amide bonds. The van der Waals surface area contributed by atoms with Crippen LogP contribution in [0.1, 0.15) is 37.8 Å². The molecule has 0 aliphatic heterocycles. The van der Waals surface area contributed by atoms with Gasteiger partial charge < -0.3 is 5.11 Å². The van der Waals surface area contributed by atoms with Gasteiger partial charge in [-0.3, -0.25) is 4.79 Å². The third-order valence-corrected chi connectivity index (χ3v) is 3.40. The topological polar surface area (TPSA) is 55.1 Å². The van der Waals surface area contributed by atoms with Gasteiger partial charge in [-0.05, 0) is 37.7 Å². The highest BCUT2D eigenvalue weighted by Crippen LogP contribution is 2.32. The fourth-order valence-electron chi connectivity index (χ4n) is 2.37. The van der Waals surface area contributed by atoms with Crippen molar-refractivity contribution in [3.05, 3.63) is 28.2 Å². The largest absolute Gasteiger partial charge is 0.393 e. The lowest BCUT2D eigenvalue weighted by Crippen LogP contribution is -2.36. The molecule has 1 saturated carbocycles. The fourth-order valence-corrected chi connectivity index (χ4v) is 2.37. The van der Waals surface area contributed by atoms with Crippen molar-refractivity contribution in [3.63, 3.8) is 0 Å². The van der Waals surface area contributed by atoms with Gasteiger partial charge >= 0.3 is 0 Å². The molecule has 0 aromatic carbocycles. The van der Waals surface area contributed by atoms with Gasteiger partial charge in [0.15, 0.2) is 0 Å². The van der Waals surface area contributed by atoms with Crippen LogP contribution >= 0.6 is 0 Å². The normalized spacial score (nSPS) is 30.3. The molecule has 1 aromatic rings. The van der Waals surface area contributed by atoms with E-state index in [9.17, 15) is 9.90 Å². The Bertz CT molecular complexity index is 427. The van der Waals surface area contributed by atoms with Gasteiger partial charge in [-0.2, -0.15) is 5.10 Å².